The van der Waals surface area contributed by atoms with E-state index < -0.39 is 17.7 Å². The van der Waals surface area contributed by atoms with Crippen molar-refractivity contribution in [3.63, 3.8) is 0 Å². The number of carbonyl (C=O) groups excluding carboxylic acids is 2. The van der Waals surface area contributed by atoms with Crippen molar-refractivity contribution >= 4 is 29.2 Å². The fourth-order valence-electron chi connectivity index (χ4n) is 2.42. The number of amides is 1. The summed E-state index contributed by atoms with van der Waals surface area (Å²) in [5.74, 6) is -1.12. The number of ether oxygens (including phenoxy) is 1. The maximum Gasteiger partial charge on any atom is 0.308 e. The molecule has 2 aromatic carbocycles. The van der Waals surface area contributed by atoms with E-state index in [1.807, 2.05) is 13.0 Å². The maximum atomic E-state index is 13.7. The first-order valence-corrected chi connectivity index (χ1v) is 7.67. The molecule has 0 aliphatic rings. The van der Waals surface area contributed by atoms with E-state index in [4.69, 9.17) is 16.3 Å². The van der Waals surface area contributed by atoms with Gasteiger partial charge in [-0.15, -0.1) is 0 Å². The van der Waals surface area contributed by atoms with Gasteiger partial charge in [-0.25, -0.2) is 4.39 Å². The number of benzene rings is 2. The Kier molecular flexibility index (Phi) is 5.57. The van der Waals surface area contributed by atoms with Gasteiger partial charge in [-0.3, -0.25) is 9.59 Å². The van der Waals surface area contributed by atoms with Gasteiger partial charge in [-0.2, -0.15) is 0 Å². The highest BCUT2D eigenvalue weighted by molar-refractivity contribution is 6.30. The molecule has 0 aliphatic carbocycles. The van der Waals surface area contributed by atoms with E-state index in [1.54, 1.807) is 13.0 Å². The number of hydrogen-bond donors (Lipinski definition) is 1. The lowest BCUT2D eigenvalue weighted by molar-refractivity contribution is -0.132. The number of nitrogens with one attached hydrogen (secondary N) is 1. The van der Waals surface area contributed by atoms with Gasteiger partial charge in [0.1, 0.15) is 11.6 Å². The molecule has 0 unspecified atom stereocenters. The summed E-state index contributed by atoms with van der Waals surface area (Å²) in [6.45, 7) is 4.97. The molecule has 0 saturated heterocycles. The number of anilines is 1. The fraction of sp³-hybridized carbons (Fsp3) is 0.222. The smallest absolute Gasteiger partial charge is 0.308 e. The van der Waals surface area contributed by atoms with Crippen molar-refractivity contribution in [2.24, 2.45) is 0 Å². The molecule has 0 bridgehead atoms. The summed E-state index contributed by atoms with van der Waals surface area (Å²) in [5.41, 5.74) is 2.25. The molecule has 0 radical (unpaired) electrons. The molecule has 24 heavy (non-hydrogen) atoms. The van der Waals surface area contributed by atoms with Gasteiger partial charge in [0.25, 0.3) is 0 Å². The second-order valence-corrected chi connectivity index (χ2v) is 5.95. The molecule has 0 fully saturated rings. The van der Waals surface area contributed by atoms with Gasteiger partial charge in [0, 0.05) is 17.5 Å². The van der Waals surface area contributed by atoms with E-state index in [-0.39, 0.29) is 12.1 Å². The van der Waals surface area contributed by atoms with Gasteiger partial charge in [0.15, 0.2) is 0 Å². The van der Waals surface area contributed by atoms with Gasteiger partial charge in [-0.1, -0.05) is 29.3 Å². The Hall–Kier alpha value is -2.40. The lowest BCUT2D eigenvalue weighted by Crippen LogP contribution is -2.17. The van der Waals surface area contributed by atoms with Gasteiger partial charge >= 0.3 is 5.97 Å². The van der Waals surface area contributed by atoms with Crippen molar-refractivity contribution in [2.75, 3.05) is 5.32 Å². The van der Waals surface area contributed by atoms with E-state index in [1.165, 1.54) is 25.1 Å². The second kappa shape index (κ2) is 7.45. The SMILES string of the molecule is CC(=O)Oc1c(C)cc(C)cc1CC(=O)Nc1cc(Cl)ccc1F. The fourth-order valence-corrected chi connectivity index (χ4v) is 2.60. The molecule has 0 aromatic heterocycles. The molecule has 4 nitrogen and oxygen atoms in total. The summed E-state index contributed by atoms with van der Waals surface area (Å²) in [6, 6.07) is 7.53. The first kappa shape index (κ1) is 17.9. The predicted molar refractivity (Wildman–Crippen MR) is 91.0 cm³/mol. The Morgan fingerprint density at radius 2 is 1.92 bits per heavy atom. The number of rotatable bonds is 4. The van der Waals surface area contributed by atoms with Gasteiger partial charge in [0.2, 0.25) is 5.91 Å². The summed E-state index contributed by atoms with van der Waals surface area (Å²) in [4.78, 5) is 23.5. The Morgan fingerprint density at radius 1 is 1.21 bits per heavy atom. The first-order chi connectivity index (χ1) is 11.3. The minimum Gasteiger partial charge on any atom is -0.426 e. The van der Waals surface area contributed by atoms with E-state index in [0.29, 0.717) is 16.3 Å². The molecule has 0 spiro atoms. The van der Waals surface area contributed by atoms with E-state index in [2.05, 4.69) is 5.32 Å². The van der Waals surface area contributed by atoms with Crippen LogP contribution in [0, 0.1) is 19.7 Å². The highest BCUT2D eigenvalue weighted by Gasteiger charge is 2.15. The van der Waals surface area contributed by atoms with Crippen LogP contribution >= 0.6 is 11.6 Å². The zero-order chi connectivity index (χ0) is 17.9. The summed E-state index contributed by atoms with van der Waals surface area (Å²) in [5, 5.41) is 2.80. The predicted octanol–water partition coefficient (Wildman–Crippen LogP) is 4.20. The molecule has 0 saturated carbocycles. The average Bonchev–Trinajstić information content (AvgIpc) is 2.46. The highest BCUT2D eigenvalue weighted by Crippen LogP contribution is 2.27. The third-order valence-electron chi connectivity index (χ3n) is 3.30. The second-order valence-electron chi connectivity index (χ2n) is 5.51. The number of halogens is 2. The maximum absolute atomic E-state index is 13.7. The van der Waals surface area contributed by atoms with E-state index in [9.17, 15) is 14.0 Å². The Labute approximate surface area is 144 Å². The summed E-state index contributed by atoms with van der Waals surface area (Å²) < 4.78 is 18.9. The Morgan fingerprint density at radius 3 is 2.58 bits per heavy atom. The monoisotopic (exact) mass is 349 g/mol. The van der Waals surface area contributed by atoms with Crippen molar-refractivity contribution < 1.29 is 18.7 Å². The molecular weight excluding hydrogens is 333 g/mol. The van der Waals surface area contributed by atoms with Crippen LogP contribution in [0.4, 0.5) is 10.1 Å². The molecule has 0 atom stereocenters. The highest BCUT2D eigenvalue weighted by atomic mass is 35.5. The zero-order valence-electron chi connectivity index (χ0n) is 13.6. The molecule has 1 amide bonds. The minimum absolute atomic E-state index is 0.00547. The van der Waals surface area contributed by atoms with Crippen LogP contribution in [0.5, 0.6) is 5.75 Å². The van der Waals surface area contributed by atoms with Crippen LogP contribution in [-0.4, -0.2) is 11.9 Å². The molecular formula is C18H17ClFNO3. The normalized spacial score (nSPS) is 10.4. The van der Waals surface area contributed by atoms with E-state index in [0.717, 1.165) is 11.1 Å². The summed E-state index contributed by atoms with van der Waals surface area (Å²) >= 11 is 5.81. The molecule has 6 heteroatoms. The Bertz CT molecular complexity index is 805. The summed E-state index contributed by atoms with van der Waals surface area (Å²) in [6.07, 6.45) is -0.0584. The topological polar surface area (TPSA) is 55.4 Å². The van der Waals surface area contributed by atoms with Crippen LogP contribution < -0.4 is 10.1 Å². The first-order valence-electron chi connectivity index (χ1n) is 7.29. The van der Waals surface area contributed by atoms with Crippen molar-refractivity contribution in [2.45, 2.75) is 27.2 Å². The van der Waals surface area contributed by atoms with Crippen molar-refractivity contribution in [3.05, 3.63) is 57.9 Å². The quantitative estimate of drug-likeness (QED) is 0.664. The Balaban J connectivity index is 2.25. The lowest BCUT2D eigenvalue weighted by Gasteiger charge is -2.13. The lowest BCUT2D eigenvalue weighted by atomic mass is 10.0. The van der Waals surface area contributed by atoms with Crippen LogP contribution in [-0.2, 0) is 16.0 Å². The minimum atomic E-state index is -0.576. The van der Waals surface area contributed by atoms with Gasteiger partial charge in [0.05, 0.1) is 12.1 Å². The largest absolute Gasteiger partial charge is 0.426 e. The van der Waals surface area contributed by atoms with Crippen molar-refractivity contribution in [1.29, 1.82) is 0 Å². The number of esters is 1. The van der Waals surface area contributed by atoms with Crippen LogP contribution in [0.15, 0.2) is 30.3 Å². The zero-order valence-corrected chi connectivity index (χ0v) is 14.3. The van der Waals surface area contributed by atoms with Crippen LogP contribution in [0.1, 0.15) is 23.6 Å². The summed E-state index contributed by atoms with van der Waals surface area (Å²) in [7, 11) is 0. The number of hydrogen-bond acceptors (Lipinski definition) is 3. The van der Waals surface area contributed by atoms with Crippen LogP contribution in [0.3, 0.4) is 0 Å². The number of aryl methyl sites for hydroxylation is 2. The molecule has 2 aromatic rings. The van der Waals surface area contributed by atoms with Crippen LogP contribution in [0.25, 0.3) is 0 Å². The molecule has 1 N–H and O–H groups in total. The molecule has 126 valence electrons. The van der Waals surface area contributed by atoms with Crippen molar-refractivity contribution in [3.8, 4) is 5.75 Å². The molecule has 0 aliphatic heterocycles. The van der Waals surface area contributed by atoms with E-state index >= 15 is 0 Å². The third kappa shape index (κ3) is 4.55. The molecule has 2 rings (SSSR count). The average molecular weight is 350 g/mol. The van der Waals surface area contributed by atoms with Gasteiger partial charge in [-0.05, 0) is 37.6 Å². The van der Waals surface area contributed by atoms with Crippen LogP contribution in [0.2, 0.25) is 5.02 Å². The number of carbonyl (C=O) groups is 2. The molecule has 0 heterocycles. The van der Waals surface area contributed by atoms with Crippen molar-refractivity contribution in [1.82, 2.24) is 0 Å². The third-order valence-corrected chi connectivity index (χ3v) is 3.53. The standard InChI is InChI=1S/C18H17ClFNO3/c1-10-6-11(2)18(24-12(3)22)13(7-10)8-17(23)21-16-9-14(19)4-5-15(16)20/h4-7,9H,8H2,1-3H3,(H,21,23). The van der Waals surface area contributed by atoms with Gasteiger partial charge < -0.3 is 10.1 Å².